The van der Waals surface area contributed by atoms with Crippen LogP contribution in [0, 0.1) is 0 Å². The lowest BCUT2D eigenvalue weighted by Crippen LogP contribution is -2.37. The molecular formula is C21H24N4O3S. The number of carbonyl (C=O) groups is 1. The highest BCUT2D eigenvalue weighted by Gasteiger charge is 2.18. The van der Waals surface area contributed by atoms with Gasteiger partial charge in [0.15, 0.2) is 5.65 Å². The predicted octanol–water partition coefficient (Wildman–Crippen LogP) is 3.12. The quantitative estimate of drug-likeness (QED) is 0.670. The molecule has 0 aliphatic carbocycles. The molecular weight excluding hydrogens is 388 g/mol. The molecule has 8 heteroatoms. The average molecular weight is 413 g/mol. The first-order valence-electron chi connectivity index (χ1n) is 9.59. The molecule has 152 valence electrons. The van der Waals surface area contributed by atoms with Gasteiger partial charge in [0, 0.05) is 29.3 Å². The van der Waals surface area contributed by atoms with Crippen LogP contribution in [0.5, 0.6) is 11.5 Å². The molecule has 0 spiro atoms. The number of carbonyl (C=O) groups excluding carboxylic acids is 1. The van der Waals surface area contributed by atoms with Crippen LogP contribution >= 0.6 is 11.8 Å². The van der Waals surface area contributed by atoms with Crippen molar-refractivity contribution < 1.29 is 14.3 Å². The fraction of sp³-hybridized carbons (Fsp3) is 0.381. The molecule has 1 aromatic carbocycles. The molecule has 1 N–H and O–H groups in total. The minimum absolute atomic E-state index is 0.0686. The minimum atomic E-state index is -0.0686. The second-order valence-electron chi connectivity index (χ2n) is 6.98. The first kappa shape index (κ1) is 19.6. The Bertz CT molecular complexity index is 1010. The lowest BCUT2D eigenvalue weighted by molar-refractivity contribution is 0.0934. The van der Waals surface area contributed by atoms with E-state index in [4.69, 9.17) is 9.47 Å². The van der Waals surface area contributed by atoms with Crippen LogP contribution in [0.25, 0.3) is 11.0 Å². The van der Waals surface area contributed by atoms with Crippen molar-refractivity contribution in [2.75, 3.05) is 25.7 Å². The van der Waals surface area contributed by atoms with Crippen LogP contribution < -0.4 is 14.8 Å². The van der Waals surface area contributed by atoms with E-state index in [2.05, 4.69) is 15.4 Å². The first-order valence-corrected chi connectivity index (χ1v) is 10.7. The second kappa shape index (κ2) is 8.73. The van der Waals surface area contributed by atoms with Crippen molar-refractivity contribution in [3.8, 4) is 11.5 Å². The molecule has 1 saturated heterocycles. The molecule has 0 atom stereocenters. The van der Waals surface area contributed by atoms with Crippen molar-refractivity contribution in [2.45, 2.75) is 25.4 Å². The Balaban J connectivity index is 1.53. The van der Waals surface area contributed by atoms with Gasteiger partial charge < -0.3 is 14.8 Å². The molecule has 1 aliphatic heterocycles. The van der Waals surface area contributed by atoms with Crippen LogP contribution in [0.4, 0.5) is 0 Å². The van der Waals surface area contributed by atoms with Gasteiger partial charge >= 0.3 is 0 Å². The van der Waals surface area contributed by atoms with Crippen molar-refractivity contribution in [1.82, 2.24) is 20.1 Å². The number of ether oxygens (including phenoxy) is 2. The van der Waals surface area contributed by atoms with Crippen molar-refractivity contribution in [1.29, 1.82) is 0 Å². The van der Waals surface area contributed by atoms with E-state index in [1.807, 2.05) is 36.0 Å². The third-order valence-corrected chi connectivity index (χ3v) is 6.16. The SMILES string of the molecule is COc1ccc(Cn2ncc3cc(C(=O)NC4CCSCC4)cnc32)c(OC)c1. The fourth-order valence-corrected chi connectivity index (χ4v) is 4.57. The number of aromatic nitrogens is 3. The molecule has 0 unspecified atom stereocenters. The van der Waals surface area contributed by atoms with Gasteiger partial charge in [-0.15, -0.1) is 0 Å². The fourth-order valence-electron chi connectivity index (χ4n) is 3.47. The highest BCUT2D eigenvalue weighted by molar-refractivity contribution is 7.99. The van der Waals surface area contributed by atoms with Gasteiger partial charge in [-0.3, -0.25) is 4.79 Å². The van der Waals surface area contributed by atoms with E-state index in [0.29, 0.717) is 12.1 Å². The van der Waals surface area contributed by atoms with E-state index >= 15 is 0 Å². The maximum Gasteiger partial charge on any atom is 0.253 e. The second-order valence-corrected chi connectivity index (χ2v) is 8.20. The standard InChI is InChI=1S/C21H24N4O3S/c1-27-18-4-3-14(19(10-18)28-2)13-25-20-15(12-23-25)9-16(11-22-20)21(26)24-17-5-7-29-8-6-17/h3-4,9-12,17H,5-8,13H2,1-2H3,(H,24,26). The zero-order valence-corrected chi connectivity index (χ0v) is 17.4. The summed E-state index contributed by atoms with van der Waals surface area (Å²) in [6.45, 7) is 0.509. The molecule has 7 nitrogen and oxygen atoms in total. The summed E-state index contributed by atoms with van der Waals surface area (Å²) in [6.07, 6.45) is 5.41. The number of amides is 1. The number of methoxy groups -OCH3 is 2. The summed E-state index contributed by atoms with van der Waals surface area (Å²) in [4.78, 5) is 17.1. The number of thioether (sulfide) groups is 1. The van der Waals surface area contributed by atoms with E-state index in [1.165, 1.54) is 0 Å². The molecule has 2 aromatic heterocycles. The Labute approximate surface area is 173 Å². The highest BCUT2D eigenvalue weighted by Crippen LogP contribution is 2.26. The Morgan fingerprint density at radius 2 is 2.03 bits per heavy atom. The van der Waals surface area contributed by atoms with Gasteiger partial charge in [0.05, 0.1) is 32.5 Å². The lowest BCUT2D eigenvalue weighted by atomic mass is 10.1. The van der Waals surface area contributed by atoms with E-state index in [9.17, 15) is 4.79 Å². The van der Waals surface area contributed by atoms with Crippen LogP contribution in [0.15, 0.2) is 36.7 Å². The summed E-state index contributed by atoms with van der Waals surface area (Å²) in [5.74, 6) is 3.60. The van der Waals surface area contributed by atoms with Crippen molar-refractivity contribution in [3.63, 3.8) is 0 Å². The summed E-state index contributed by atoms with van der Waals surface area (Å²) < 4.78 is 12.5. The third kappa shape index (κ3) is 4.32. The lowest BCUT2D eigenvalue weighted by Gasteiger charge is -2.22. The Hall–Kier alpha value is -2.74. The van der Waals surface area contributed by atoms with Crippen LogP contribution in [0.3, 0.4) is 0 Å². The number of nitrogens with zero attached hydrogens (tertiary/aromatic N) is 3. The van der Waals surface area contributed by atoms with Gasteiger partial charge in [0.25, 0.3) is 5.91 Å². The first-order chi connectivity index (χ1) is 14.2. The number of pyridine rings is 1. The molecule has 4 rings (SSSR count). The summed E-state index contributed by atoms with van der Waals surface area (Å²) in [6, 6.07) is 7.80. The van der Waals surface area contributed by atoms with Gasteiger partial charge in [-0.05, 0) is 42.5 Å². The maximum absolute atomic E-state index is 12.6. The van der Waals surface area contributed by atoms with E-state index < -0.39 is 0 Å². The summed E-state index contributed by atoms with van der Waals surface area (Å²) >= 11 is 1.94. The maximum atomic E-state index is 12.6. The van der Waals surface area contributed by atoms with Crippen LogP contribution in [-0.4, -0.2) is 52.4 Å². The van der Waals surface area contributed by atoms with Crippen molar-refractivity contribution in [2.24, 2.45) is 0 Å². The average Bonchev–Trinajstić information content (AvgIpc) is 3.16. The number of nitrogens with one attached hydrogen (secondary N) is 1. The topological polar surface area (TPSA) is 78.3 Å². The van der Waals surface area contributed by atoms with Gasteiger partial charge in [0.2, 0.25) is 0 Å². The molecule has 1 aliphatic rings. The van der Waals surface area contributed by atoms with Crippen LogP contribution in [0.1, 0.15) is 28.8 Å². The Morgan fingerprint density at radius 1 is 1.21 bits per heavy atom. The van der Waals surface area contributed by atoms with E-state index in [0.717, 1.165) is 52.4 Å². The van der Waals surface area contributed by atoms with Gasteiger partial charge in [-0.25, -0.2) is 9.67 Å². The Morgan fingerprint density at radius 3 is 2.79 bits per heavy atom. The number of hydrogen-bond donors (Lipinski definition) is 1. The van der Waals surface area contributed by atoms with E-state index in [-0.39, 0.29) is 11.9 Å². The van der Waals surface area contributed by atoms with Gasteiger partial charge in [0.1, 0.15) is 11.5 Å². The van der Waals surface area contributed by atoms with Crippen LogP contribution in [0.2, 0.25) is 0 Å². The van der Waals surface area contributed by atoms with Gasteiger partial charge in [-0.1, -0.05) is 0 Å². The zero-order chi connectivity index (χ0) is 20.2. The number of hydrogen-bond acceptors (Lipinski definition) is 6. The smallest absolute Gasteiger partial charge is 0.253 e. The molecule has 3 aromatic rings. The molecule has 0 bridgehead atoms. The number of fused-ring (bicyclic) bond motifs is 1. The van der Waals surface area contributed by atoms with Crippen molar-refractivity contribution in [3.05, 3.63) is 47.8 Å². The molecule has 0 radical (unpaired) electrons. The summed E-state index contributed by atoms with van der Waals surface area (Å²) in [5.41, 5.74) is 2.27. The monoisotopic (exact) mass is 412 g/mol. The summed E-state index contributed by atoms with van der Waals surface area (Å²) in [7, 11) is 3.26. The summed E-state index contributed by atoms with van der Waals surface area (Å²) in [5, 5.41) is 8.42. The highest BCUT2D eigenvalue weighted by atomic mass is 32.2. The molecule has 1 fully saturated rings. The molecule has 29 heavy (non-hydrogen) atoms. The zero-order valence-electron chi connectivity index (χ0n) is 16.6. The largest absolute Gasteiger partial charge is 0.497 e. The van der Waals surface area contributed by atoms with Crippen LogP contribution in [-0.2, 0) is 6.54 Å². The number of rotatable bonds is 6. The minimum Gasteiger partial charge on any atom is -0.497 e. The molecule has 3 heterocycles. The van der Waals surface area contributed by atoms with Gasteiger partial charge in [-0.2, -0.15) is 16.9 Å². The predicted molar refractivity (Wildman–Crippen MR) is 114 cm³/mol. The molecule has 0 saturated carbocycles. The third-order valence-electron chi connectivity index (χ3n) is 5.11. The Kier molecular flexibility index (Phi) is 5.89. The van der Waals surface area contributed by atoms with E-state index in [1.54, 1.807) is 31.3 Å². The molecule has 1 amide bonds. The van der Waals surface area contributed by atoms with Crippen molar-refractivity contribution >= 4 is 28.7 Å². The number of benzene rings is 1. The normalized spacial score (nSPS) is 14.7.